The van der Waals surface area contributed by atoms with Gasteiger partial charge in [-0.15, -0.1) is 0 Å². The summed E-state index contributed by atoms with van der Waals surface area (Å²) in [6, 6.07) is 20.9. The molecule has 0 aliphatic carbocycles. The summed E-state index contributed by atoms with van der Waals surface area (Å²) < 4.78 is 5.68. The molecular formula is C25H29N5O4. The third-order valence-electron chi connectivity index (χ3n) is 6.48. The molecule has 2 aliphatic rings. The van der Waals surface area contributed by atoms with E-state index >= 15 is 0 Å². The van der Waals surface area contributed by atoms with Crippen molar-refractivity contribution in [3.05, 3.63) is 78.1 Å². The van der Waals surface area contributed by atoms with E-state index in [1.54, 1.807) is 4.90 Å². The third kappa shape index (κ3) is 4.30. The zero-order chi connectivity index (χ0) is 23.5. The molecule has 0 amide bonds. The summed E-state index contributed by atoms with van der Waals surface area (Å²) in [6.45, 7) is 0.656. The second-order valence-electron chi connectivity index (χ2n) is 8.54. The second-order valence-corrected chi connectivity index (χ2v) is 8.54. The number of anilines is 3. The molecule has 2 aromatic carbocycles. The highest BCUT2D eigenvalue weighted by Crippen LogP contribution is 2.38. The van der Waals surface area contributed by atoms with Gasteiger partial charge >= 0.3 is 0 Å². The van der Waals surface area contributed by atoms with Crippen molar-refractivity contribution in [2.24, 2.45) is 0 Å². The topological polar surface area (TPSA) is 123 Å². The molecule has 4 atom stereocenters. The van der Waals surface area contributed by atoms with Gasteiger partial charge in [0.1, 0.15) is 30.3 Å². The highest BCUT2D eigenvalue weighted by molar-refractivity contribution is 5.81. The third-order valence-corrected chi connectivity index (χ3v) is 6.48. The maximum Gasteiger partial charge on any atom is 0.162 e. The number of aliphatic hydroxyl groups excluding tert-OH is 3. The number of nitrogens with zero attached hydrogens (tertiary/aromatic N) is 3. The van der Waals surface area contributed by atoms with Crippen molar-refractivity contribution in [1.82, 2.24) is 9.97 Å². The van der Waals surface area contributed by atoms with Crippen molar-refractivity contribution in [3.8, 4) is 0 Å². The van der Waals surface area contributed by atoms with Gasteiger partial charge in [0.2, 0.25) is 0 Å². The number of aliphatic hydroxyl groups is 3. The molecule has 4 unspecified atom stereocenters. The van der Waals surface area contributed by atoms with Crippen LogP contribution in [0.4, 0.5) is 17.3 Å². The molecule has 3 heterocycles. The molecule has 2 aliphatic heterocycles. The molecule has 3 aromatic rings. The van der Waals surface area contributed by atoms with Crippen LogP contribution in [0, 0.1) is 0 Å². The quantitative estimate of drug-likeness (QED) is 0.340. The monoisotopic (exact) mass is 463 g/mol. The predicted octanol–water partition coefficient (Wildman–Crippen LogP) is 1.74. The summed E-state index contributed by atoms with van der Waals surface area (Å²) in [5, 5.41) is 36.6. The van der Waals surface area contributed by atoms with Crippen LogP contribution in [0.2, 0.25) is 0 Å². The molecule has 34 heavy (non-hydrogen) atoms. The summed E-state index contributed by atoms with van der Waals surface area (Å²) >= 11 is 0. The van der Waals surface area contributed by atoms with Gasteiger partial charge in [0.15, 0.2) is 17.9 Å². The van der Waals surface area contributed by atoms with E-state index < -0.39 is 24.5 Å². The SMILES string of the molecule is OCC1OC(N2CNc3c(NCCC(c4ccccc4)c4ccccc4)ncnc32)C(O)C1O. The Balaban J connectivity index is 1.30. The molecule has 0 saturated carbocycles. The fourth-order valence-electron chi connectivity index (χ4n) is 4.71. The van der Waals surface area contributed by atoms with E-state index in [1.807, 2.05) is 12.1 Å². The molecule has 5 N–H and O–H groups in total. The van der Waals surface area contributed by atoms with Crippen LogP contribution < -0.4 is 15.5 Å². The summed E-state index contributed by atoms with van der Waals surface area (Å²) in [7, 11) is 0. The first kappa shape index (κ1) is 22.5. The lowest BCUT2D eigenvalue weighted by atomic mass is 9.88. The molecular weight excluding hydrogens is 434 g/mol. The first-order chi connectivity index (χ1) is 16.7. The van der Waals surface area contributed by atoms with Crippen LogP contribution in [0.3, 0.4) is 0 Å². The summed E-state index contributed by atoms with van der Waals surface area (Å²) in [5.41, 5.74) is 3.24. The Bertz CT molecular complexity index is 1050. The van der Waals surface area contributed by atoms with Crippen LogP contribution in [-0.4, -0.2) is 69.6 Å². The number of ether oxygens (including phenoxy) is 1. The fraction of sp³-hybridized carbons (Fsp3) is 0.360. The van der Waals surface area contributed by atoms with Crippen LogP contribution in [-0.2, 0) is 4.74 Å². The molecule has 1 aromatic heterocycles. The van der Waals surface area contributed by atoms with E-state index in [4.69, 9.17) is 4.74 Å². The lowest BCUT2D eigenvalue weighted by Gasteiger charge is -2.26. The van der Waals surface area contributed by atoms with E-state index in [1.165, 1.54) is 17.5 Å². The van der Waals surface area contributed by atoms with Gasteiger partial charge in [-0.1, -0.05) is 60.7 Å². The van der Waals surface area contributed by atoms with Gasteiger partial charge in [0, 0.05) is 12.5 Å². The molecule has 0 radical (unpaired) electrons. The van der Waals surface area contributed by atoms with Gasteiger partial charge in [-0.25, -0.2) is 9.97 Å². The number of hydrogen-bond donors (Lipinski definition) is 5. The molecule has 9 heteroatoms. The van der Waals surface area contributed by atoms with E-state index in [2.05, 4.69) is 69.1 Å². The van der Waals surface area contributed by atoms with Gasteiger partial charge in [0.05, 0.1) is 13.3 Å². The molecule has 1 saturated heterocycles. The Labute approximate surface area is 198 Å². The van der Waals surface area contributed by atoms with Crippen molar-refractivity contribution >= 4 is 17.3 Å². The number of benzene rings is 2. The normalized spacial score (nSPS) is 23.7. The van der Waals surface area contributed by atoms with Crippen molar-refractivity contribution < 1.29 is 20.1 Å². The zero-order valence-corrected chi connectivity index (χ0v) is 18.7. The molecule has 9 nitrogen and oxygen atoms in total. The van der Waals surface area contributed by atoms with Crippen LogP contribution in [0.1, 0.15) is 23.5 Å². The predicted molar refractivity (Wildman–Crippen MR) is 129 cm³/mol. The Morgan fingerprint density at radius 3 is 2.29 bits per heavy atom. The van der Waals surface area contributed by atoms with Crippen LogP contribution in [0.25, 0.3) is 0 Å². The summed E-state index contributed by atoms with van der Waals surface area (Å²) in [5.74, 6) is 1.49. The van der Waals surface area contributed by atoms with Crippen LogP contribution in [0.5, 0.6) is 0 Å². The molecule has 5 rings (SSSR count). The van der Waals surface area contributed by atoms with E-state index in [0.29, 0.717) is 24.8 Å². The van der Waals surface area contributed by atoms with Gasteiger partial charge in [-0.05, 0) is 17.5 Å². The second kappa shape index (κ2) is 9.94. The average molecular weight is 464 g/mol. The minimum atomic E-state index is -1.16. The van der Waals surface area contributed by atoms with Crippen LogP contribution in [0.15, 0.2) is 67.0 Å². The van der Waals surface area contributed by atoms with Crippen molar-refractivity contribution in [3.63, 3.8) is 0 Å². The van der Waals surface area contributed by atoms with Crippen LogP contribution >= 0.6 is 0 Å². The smallest absolute Gasteiger partial charge is 0.162 e. The Morgan fingerprint density at radius 2 is 1.68 bits per heavy atom. The van der Waals surface area contributed by atoms with Gasteiger partial charge in [-0.2, -0.15) is 0 Å². The van der Waals surface area contributed by atoms with Crippen molar-refractivity contribution in [2.45, 2.75) is 36.9 Å². The maximum atomic E-state index is 10.4. The minimum Gasteiger partial charge on any atom is -0.394 e. The first-order valence-electron chi connectivity index (χ1n) is 11.5. The summed E-state index contributed by atoms with van der Waals surface area (Å²) in [6.07, 6.45) is -1.64. The average Bonchev–Trinajstić information content (AvgIpc) is 3.44. The standard InChI is InChI=1S/C25H29N5O4/c31-13-19-21(32)22(33)25(34-19)30-15-29-20-23(27-14-28-24(20)30)26-12-11-18(16-7-3-1-4-8-16)17-9-5-2-6-10-17/h1-10,14,18-19,21-22,25,29,31-33H,11-13,15H2,(H,26,27,28). The molecule has 178 valence electrons. The summed E-state index contributed by atoms with van der Waals surface area (Å²) in [4.78, 5) is 10.5. The van der Waals surface area contributed by atoms with Crippen molar-refractivity contribution in [2.75, 3.05) is 35.4 Å². The Kier molecular flexibility index (Phi) is 6.59. The van der Waals surface area contributed by atoms with Crippen molar-refractivity contribution in [1.29, 1.82) is 0 Å². The molecule has 0 spiro atoms. The largest absolute Gasteiger partial charge is 0.394 e. The Hall–Kier alpha value is -3.24. The number of rotatable bonds is 8. The molecule has 0 bridgehead atoms. The lowest BCUT2D eigenvalue weighted by Crippen LogP contribution is -2.44. The highest BCUT2D eigenvalue weighted by atomic mass is 16.6. The number of nitrogens with one attached hydrogen (secondary N) is 2. The molecule has 1 fully saturated rings. The van der Waals surface area contributed by atoms with Gasteiger partial charge < -0.3 is 35.6 Å². The van der Waals surface area contributed by atoms with Gasteiger partial charge in [-0.3, -0.25) is 0 Å². The highest BCUT2D eigenvalue weighted by Gasteiger charge is 2.47. The van der Waals surface area contributed by atoms with E-state index in [0.717, 1.165) is 12.1 Å². The zero-order valence-electron chi connectivity index (χ0n) is 18.7. The lowest BCUT2D eigenvalue weighted by molar-refractivity contribution is -0.0219. The number of fused-ring (bicyclic) bond motifs is 1. The Morgan fingerprint density at radius 1 is 1.00 bits per heavy atom. The van der Waals surface area contributed by atoms with E-state index in [9.17, 15) is 15.3 Å². The fourth-order valence-corrected chi connectivity index (χ4v) is 4.71. The minimum absolute atomic E-state index is 0.244. The van der Waals surface area contributed by atoms with E-state index in [-0.39, 0.29) is 12.5 Å². The first-order valence-corrected chi connectivity index (χ1v) is 11.5. The van der Waals surface area contributed by atoms with Gasteiger partial charge in [0.25, 0.3) is 0 Å². The number of hydrogen-bond acceptors (Lipinski definition) is 9. The maximum absolute atomic E-state index is 10.4. The number of aromatic nitrogens is 2.